The molecule has 0 radical (unpaired) electrons. The lowest BCUT2D eigenvalue weighted by atomic mass is 10.1. The minimum Gasteiger partial charge on any atom is -0.387 e. The maximum absolute atomic E-state index is 12.5. The lowest BCUT2D eigenvalue weighted by Crippen LogP contribution is -2.28. The Kier molecular flexibility index (Phi) is 5.99. The summed E-state index contributed by atoms with van der Waals surface area (Å²) >= 11 is 1.14. The fourth-order valence-corrected chi connectivity index (χ4v) is 5.13. The van der Waals surface area contributed by atoms with Gasteiger partial charge in [0.2, 0.25) is 0 Å². The van der Waals surface area contributed by atoms with Gasteiger partial charge in [0.25, 0.3) is 15.9 Å². The van der Waals surface area contributed by atoms with Gasteiger partial charge >= 0.3 is 0 Å². The van der Waals surface area contributed by atoms with Crippen LogP contribution in [0.4, 0.5) is 5.13 Å². The topological polar surface area (TPSA) is 108 Å². The molecule has 1 heterocycles. The molecular formula is C22H19N3O4S2. The standard InChI is InChI=1S/C22H19N3O4S2/c26-19(15-7-3-1-4-8-15)14-23-21(27)16-11-12-18-20(13-16)30-22(24-18)25-31(28,29)17-9-5-2-6-10-17/h1-13,19,26H,14H2,(H,23,27)(H,24,25)/t19-/m0/s1. The smallest absolute Gasteiger partial charge is 0.263 e. The molecule has 158 valence electrons. The molecule has 31 heavy (non-hydrogen) atoms. The van der Waals surface area contributed by atoms with Crippen molar-refractivity contribution >= 4 is 42.6 Å². The maximum Gasteiger partial charge on any atom is 0.263 e. The molecule has 1 atom stereocenters. The molecule has 1 aromatic heterocycles. The van der Waals surface area contributed by atoms with Crippen LogP contribution >= 0.6 is 11.3 Å². The van der Waals surface area contributed by atoms with Crippen molar-refractivity contribution in [1.82, 2.24) is 10.3 Å². The first-order valence-electron chi connectivity index (χ1n) is 9.42. The lowest BCUT2D eigenvalue weighted by molar-refractivity contribution is 0.0916. The molecule has 7 nitrogen and oxygen atoms in total. The van der Waals surface area contributed by atoms with Crippen LogP contribution in [0.3, 0.4) is 0 Å². The van der Waals surface area contributed by atoms with Gasteiger partial charge in [0, 0.05) is 12.1 Å². The zero-order valence-corrected chi connectivity index (χ0v) is 17.9. The third kappa shape index (κ3) is 4.91. The van der Waals surface area contributed by atoms with E-state index in [0.717, 1.165) is 16.9 Å². The van der Waals surface area contributed by atoms with Crippen LogP contribution in [0.2, 0.25) is 0 Å². The van der Waals surface area contributed by atoms with Crippen LogP contribution in [0.5, 0.6) is 0 Å². The number of fused-ring (bicyclic) bond motifs is 1. The van der Waals surface area contributed by atoms with Crippen LogP contribution in [-0.2, 0) is 10.0 Å². The first kappa shape index (κ1) is 21.0. The van der Waals surface area contributed by atoms with Crippen LogP contribution in [0.1, 0.15) is 22.0 Å². The number of amides is 1. The summed E-state index contributed by atoms with van der Waals surface area (Å²) < 4.78 is 28.1. The van der Waals surface area contributed by atoms with Crippen LogP contribution in [0.15, 0.2) is 83.8 Å². The fourth-order valence-electron chi connectivity index (χ4n) is 2.97. The number of rotatable bonds is 7. The highest BCUT2D eigenvalue weighted by Gasteiger charge is 2.17. The Bertz CT molecular complexity index is 1310. The highest BCUT2D eigenvalue weighted by molar-refractivity contribution is 7.93. The van der Waals surface area contributed by atoms with Gasteiger partial charge in [-0.25, -0.2) is 13.4 Å². The highest BCUT2D eigenvalue weighted by atomic mass is 32.2. The molecule has 3 N–H and O–H groups in total. The number of hydrogen-bond donors (Lipinski definition) is 3. The zero-order valence-electron chi connectivity index (χ0n) is 16.2. The second-order valence-corrected chi connectivity index (χ2v) is 9.47. The summed E-state index contributed by atoms with van der Waals surface area (Å²) in [6.07, 6.45) is -0.809. The fraction of sp³-hybridized carbons (Fsp3) is 0.0909. The van der Waals surface area contributed by atoms with E-state index in [1.165, 1.54) is 12.1 Å². The number of hydrogen-bond acceptors (Lipinski definition) is 6. The molecule has 0 aliphatic rings. The van der Waals surface area contributed by atoms with Gasteiger partial charge in [0.15, 0.2) is 5.13 Å². The molecule has 0 unspecified atom stereocenters. The molecule has 0 aliphatic heterocycles. The molecule has 0 bridgehead atoms. The Hall–Kier alpha value is -3.27. The summed E-state index contributed by atoms with van der Waals surface area (Å²) in [5.41, 5.74) is 1.70. The predicted molar refractivity (Wildman–Crippen MR) is 121 cm³/mol. The Labute approximate surface area is 183 Å². The first-order chi connectivity index (χ1) is 14.9. The van der Waals surface area contributed by atoms with Crippen molar-refractivity contribution in [1.29, 1.82) is 0 Å². The van der Waals surface area contributed by atoms with E-state index >= 15 is 0 Å². The van der Waals surface area contributed by atoms with Gasteiger partial charge in [0.05, 0.1) is 21.2 Å². The molecule has 1 amide bonds. The molecule has 0 aliphatic carbocycles. The molecule has 0 saturated heterocycles. The monoisotopic (exact) mass is 453 g/mol. The third-order valence-corrected chi connectivity index (χ3v) is 6.98. The van der Waals surface area contributed by atoms with E-state index in [1.807, 2.05) is 18.2 Å². The Morgan fingerprint density at radius 2 is 1.68 bits per heavy atom. The molecule has 0 spiro atoms. The van der Waals surface area contributed by atoms with Crippen molar-refractivity contribution in [3.05, 3.63) is 90.0 Å². The predicted octanol–water partition coefficient (Wildman–Crippen LogP) is 3.56. The van der Waals surface area contributed by atoms with Crippen LogP contribution in [0, 0.1) is 0 Å². The number of benzene rings is 3. The summed E-state index contributed by atoms with van der Waals surface area (Å²) in [7, 11) is -3.74. The van der Waals surface area contributed by atoms with Gasteiger partial charge in [-0.2, -0.15) is 0 Å². The highest BCUT2D eigenvalue weighted by Crippen LogP contribution is 2.28. The Morgan fingerprint density at radius 1 is 1.00 bits per heavy atom. The molecule has 0 fully saturated rings. The quantitative estimate of drug-likeness (QED) is 0.397. The maximum atomic E-state index is 12.5. The Balaban J connectivity index is 1.46. The second-order valence-electron chi connectivity index (χ2n) is 6.76. The van der Waals surface area contributed by atoms with E-state index in [0.29, 0.717) is 15.8 Å². The van der Waals surface area contributed by atoms with Gasteiger partial charge in [0.1, 0.15) is 0 Å². The van der Waals surface area contributed by atoms with Crippen molar-refractivity contribution in [2.75, 3.05) is 11.3 Å². The number of nitrogens with one attached hydrogen (secondary N) is 2. The summed E-state index contributed by atoms with van der Waals surface area (Å²) in [4.78, 5) is 16.9. The number of aromatic nitrogens is 1. The van der Waals surface area contributed by atoms with Crippen LogP contribution in [0.25, 0.3) is 10.2 Å². The van der Waals surface area contributed by atoms with Crippen molar-refractivity contribution in [2.45, 2.75) is 11.0 Å². The van der Waals surface area contributed by atoms with Gasteiger partial charge in [-0.05, 0) is 35.9 Å². The molecule has 3 aromatic carbocycles. The minimum atomic E-state index is -3.74. The van der Waals surface area contributed by atoms with E-state index in [4.69, 9.17) is 0 Å². The minimum absolute atomic E-state index is 0.0751. The number of carbonyl (C=O) groups is 1. The lowest BCUT2D eigenvalue weighted by Gasteiger charge is -2.12. The van der Waals surface area contributed by atoms with Gasteiger partial charge in [-0.15, -0.1) is 0 Å². The third-order valence-electron chi connectivity index (χ3n) is 4.57. The normalized spacial score (nSPS) is 12.4. The first-order valence-corrected chi connectivity index (χ1v) is 11.7. The van der Waals surface area contributed by atoms with Gasteiger partial charge in [-0.3, -0.25) is 9.52 Å². The number of nitrogens with zero attached hydrogens (tertiary/aromatic N) is 1. The van der Waals surface area contributed by atoms with E-state index in [2.05, 4.69) is 15.0 Å². The summed E-state index contributed by atoms with van der Waals surface area (Å²) in [6.45, 7) is 0.0751. The van der Waals surface area contributed by atoms with Gasteiger partial charge in [-0.1, -0.05) is 59.9 Å². The zero-order chi connectivity index (χ0) is 21.8. The second kappa shape index (κ2) is 8.84. The number of thiazole rings is 1. The van der Waals surface area contributed by atoms with E-state index in [9.17, 15) is 18.3 Å². The van der Waals surface area contributed by atoms with Gasteiger partial charge < -0.3 is 10.4 Å². The molecule has 4 aromatic rings. The molecule has 9 heteroatoms. The number of sulfonamides is 1. The average Bonchev–Trinajstić information content (AvgIpc) is 3.19. The molecular weight excluding hydrogens is 434 g/mol. The van der Waals surface area contributed by atoms with Crippen molar-refractivity contribution in [3.8, 4) is 0 Å². The Morgan fingerprint density at radius 3 is 2.39 bits per heavy atom. The van der Waals surface area contributed by atoms with Crippen LogP contribution in [-0.4, -0.2) is 31.0 Å². The number of anilines is 1. The summed E-state index contributed by atoms with van der Waals surface area (Å²) in [5, 5.41) is 13.1. The van der Waals surface area contributed by atoms with Crippen LogP contribution < -0.4 is 10.0 Å². The largest absolute Gasteiger partial charge is 0.387 e. The SMILES string of the molecule is O=C(NC[C@H](O)c1ccccc1)c1ccc2nc(NS(=O)(=O)c3ccccc3)sc2c1. The summed E-state index contributed by atoms with van der Waals surface area (Å²) in [5.74, 6) is -0.336. The van der Waals surface area contributed by atoms with Crippen molar-refractivity contribution in [3.63, 3.8) is 0 Å². The van der Waals surface area contributed by atoms with E-state index in [1.54, 1.807) is 48.5 Å². The number of carbonyl (C=O) groups excluding carboxylic acids is 1. The summed E-state index contributed by atoms with van der Waals surface area (Å²) in [6, 6.07) is 22.0. The van der Waals surface area contributed by atoms with E-state index < -0.39 is 16.1 Å². The number of aliphatic hydroxyl groups is 1. The number of aliphatic hydroxyl groups excluding tert-OH is 1. The molecule has 0 saturated carbocycles. The average molecular weight is 454 g/mol. The van der Waals surface area contributed by atoms with E-state index in [-0.39, 0.29) is 22.5 Å². The van der Waals surface area contributed by atoms with Crippen molar-refractivity contribution in [2.24, 2.45) is 0 Å². The van der Waals surface area contributed by atoms with Crippen molar-refractivity contribution < 1.29 is 18.3 Å². The molecule has 4 rings (SSSR count).